The molecule has 0 aromatic carbocycles. The van der Waals surface area contributed by atoms with E-state index in [1.54, 1.807) is 0 Å². The largest absolute Gasteiger partial charge is 0.469 e. The van der Waals surface area contributed by atoms with Crippen molar-refractivity contribution in [2.75, 3.05) is 6.61 Å². The summed E-state index contributed by atoms with van der Waals surface area (Å²) in [5, 5.41) is 13.6. The van der Waals surface area contributed by atoms with Gasteiger partial charge < -0.3 is 20.2 Å². The molecule has 0 saturated carbocycles. The van der Waals surface area contributed by atoms with E-state index in [0.717, 1.165) is 38.5 Å². The van der Waals surface area contributed by atoms with Gasteiger partial charge in [0.25, 0.3) is 0 Å². The summed E-state index contributed by atoms with van der Waals surface area (Å²) in [5.41, 5.74) is 0. The molecule has 2 atom stereocenters. The molecule has 0 unspecified atom stereocenters. The van der Waals surface area contributed by atoms with Crippen LogP contribution in [-0.2, 0) is 13.9 Å². The number of phosphoric acid groups is 1. The maximum absolute atomic E-state index is 12.7. The second kappa shape index (κ2) is 50.9. The number of amides is 1. The van der Waals surface area contributed by atoms with Gasteiger partial charge in [-0.2, -0.15) is 0 Å². The first kappa shape index (κ1) is 62.5. The summed E-state index contributed by atoms with van der Waals surface area (Å²) in [5.74, 6) is -0.185. The van der Waals surface area contributed by atoms with Crippen LogP contribution in [0.3, 0.4) is 0 Å². The number of rotatable bonds is 54. The summed E-state index contributed by atoms with van der Waals surface area (Å²) in [6, 6.07) is -0.819. The predicted molar refractivity (Wildman–Crippen MR) is 274 cm³/mol. The summed E-state index contributed by atoms with van der Waals surface area (Å²) in [7, 11) is -4.69. The normalized spacial score (nSPS) is 12.9. The standard InChI is InChI=1S/C55H112NO6P/c1-3-5-7-9-11-13-15-17-19-20-21-22-23-24-25-26-27-28-29-30-31-32-33-34-35-37-39-41-43-45-47-49-51-55(58)56-53(52-62-63(59,60)61)54(57)50-48-46-44-42-40-38-36-18-16-14-12-10-8-6-4-2/h53-54,57H,3-52H2,1-2H3,(H,56,58)(H2,59,60,61)/t53-,54+/m0/s1. The van der Waals surface area contributed by atoms with Crippen LogP contribution in [0.1, 0.15) is 328 Å². The van der Waals surface area contributed by atoms with E-state index in [9.17, 15) is 24.3 Å². The van der Waals surface area contributed by atoms with Gasteiger partial charge in [0, 0.05) is 6.42 Å². The molecule has 0 aromatic rings. The Bertz CT molecular complexity index is 946. The van der Waals surface area contributed by atoms with E-state index in [4.69, 9.17) is 4.52 Å². The van der Waals surface area contributed by atoms with Gasteiger partial charge in [0.2, 0.25) is 5.91 Å². The molecule has 0 bridgehead atoms. The summed E-state index contributed by atoms with van der Waals surface area (Å²) in [4.78, 5) is 31.1. The second-order valence-electron chi connectivity index (χ2n) is 20.0. The Kier molecular flexibility index (Phi) is 50.6. The number of carbonyl (C=O) groups is 1. The third-order valence-corrected chi connectivity index (χ3v) is 14.1. The zero-order valence-corrected chi connectivity index (χ0v) is 43.4. The highest BCUT2D eigenvalue weighted by molar-refractivity contribution is 7.46. The van der Waals surface area contributed by atoms with Crippen LogP contribution in [0.5, 0.6) is 0 Å². The lowest BCUT2D eigenvalue weighted by Gasteiger charge is -2.24. The maximum Gasteiger partial charge on any atom is 0.469 e. The van der Waals surface area contributed by atoms with Gasteiger partial charge in [0.15, 0.2) is 0 Å². The summed E-state index contributed by atoms with van der Waals surface area (Å²) < 4.78 is 16.1. The van der Waals surface area contributed by atoms with Gasteiger partial charge in [0.05, 0.1) is 18.8 Å². The third-order valence-electron chi connectivity index (χ3n) is 13.6. The minimum absolute atomic E-state index is 0.185. The van der Waals surface area contributed by atoms with Crippen LogP contribution in [0.4, 0.5) is 0 Å². The van der Waals surface area contributed by atoms with Gasteiger partial charge in [-0.1, -0.05) is 309 Å². The molecular weight excluding hydrogens is 802 g/mol. The van der Waals surface area contributed by atoms with Crippen molar-refractivity contribution >= 4 is 13.7 Å². The highest BCUT2D eigenvalue weighted by atomic mass is 31.2. The number of nitrogens with one attached hydrogen (secondary N) is 1. The first-order valence-electron chi connectivity index (χ1n) is 28.5. The number of aliphatic hydroxyl groups excluding tert-OH is 1. The Labute approximate surface area is 393 Å². The molecule has 0 radical (unpaired) electrons. The molecule has 0 spiro atoms. The molecule has 378 valence electrons. The van der Waals surface area contributed by atoms with Crippen molar-refractivity contribution in [3.63, 3.8) is 0 Å². The lowest BCUT2D eigenvalue weighted by molar-refractivity contribution is -0.123. The summed E-state index contributed by atoms with van der Waals surface area (Å²) >= 11 is 0. The highest BCUT2D eigenvalue weighted by Gasteiger charge is 2.25. The molecule has 0 aliphatic carbocycles. The van der Waals surface area contributed by atoms with Crippen LogP contribution < -0.4 is 5.32 Å². The van der Waals surface area contributed by atoms with E-state index in [0.29, 0.717) is 12.8 Å². The third kappa shape index (κ3) is 52.4. The SMILES string of the molecule is CCCCCCCCCCCCCCCCCCCCCCCCCCCCCCCCCCC(=O)N[C@@H](COP(=O)(O)O)[C@H](O)CCCCCCCCCCCCCCCCC. The van der Waals surface area contributed by atoms with E-state index < -0.39 is 26.6 Å². The number of hydrogen-bond acceptors (Lipinski definition) is 4. The number of phosphoric ester groups is 1. The first-order chi connectivity index (χ1) is 30.8. The Hall–Kier alpha value is -0.460. The van der Waals surface area contributed by atoms with Crippen molar-refractivity contribution in [2.24, 2.45) is 0 Å². The lowest BCUT2D eigenvalue weighted by atomic mass is 10.0. The van der Waals surface area contributed by atoms with Crippen LogP contribution in [0.2, 0.25) is 0 Å². The van der Waals surface area contributed by atoms with Gasteiger partial charge in [-0.05, 0) is 12.8 Å². The van der Waals surface area contributed by atoms with Gasteiger partial charge in [-0.15, -0.1) is 0 Å². The number of hydrogen-bond donors (Lipinski definition) is 4. The number of aliphatic hydroxyl groups is 1. The van der Waals surface area contributed by atoms with Crippen molar-refractivity contribution in [3.05, 3.63) is 0 Å². The quantitative estimate of drug-likeness (QED) is 0.0357. The second-order valence-corrected chi connectivity index (χ2v) is 21.2. The average Bonchev–Trinajstić information content (AvgIpc) is 3.26. The van der Waals surface area contributed by atoms with Gasteiger partial charge in [-0.25, -0.2) is 4.57 Å². The molecule has 63 heavy (non-hydrogen) atoms. The maximum atomic E-state index is 12.7. The zero-order chi connectivity index (χ0) is 46.0. The molecule has 0 aliphatic rings. The molecule has 4 N–H and O–H groups in total. The Morgan fingerprint density at radius 2 is 0.619 bits per heavy atom. The fourth-order valence-electron chi connectivity index (χ4n) is 9.29. The van der Waals surface area contributed by atoms with Gasteiger partial charge in [0.1, 0.15) is 0 Å². The lowest BCUT2D eigenvalue weighted by Crippen LogP contribution is -2.46. The minimum atomic E-state index is -4.69. The van der Waals surface area contributed by atoms with E-state index in [-0.39, 0.29) is 5.91 Å². The van der Waals surface area contributed by atoms with Crippen molar-refractivity contribution in [2.45, 2.75) is 341 Å². The Morgan fingerprint density at radius 3 is 0.857 bits per heavy atom. The highest BCUT2D eigenvalue weighted by Crippen LogP contribution is 2.36. The summed E-state index contributed by atoms with van der Waals surface area (Å²) in [6.45, 7) is 4.17. The number of unbranched alkanes of at least 4 members (excludes halogenated alkanes) is 45. The van der Waals surface area contributed by atoms with E-state index in [1.807, 2.05) is 0 Å². The van der Waals surface area contributed by atoms with Crippen LogP contribution in [0.25, 0.3) is 0 Å². The zero-order valence-electron chi connectivity index (χ0n) is 42.5. The molecule has 0 saturated heterocycles. The molecule has 0 fully saturated rings. The van der Waals surface area contributed by atoms with Crippen molar-refractivity contribution in [3.8, 4) is 0 Å². The van der Waals surface area contributed by atoms with E-state index >= 15 is 0 Å². The minimum Gasteiger partial charge on any atom is -0.391 e. The van der Waals surface area contributed by atoms with E-state index in [1.165, 1.54) is 263 Å². The molecule has 7 nitrogen and oxygen atoms in total. The molecule has 0 aromatic heterocycles. The van der Waals surface area contributed by atoms with Crippen LogP contribution in [0, 0.1) is 0 Å². The fraction of sp³-hybridized carbons (Fsp3) is 0.982. The molecule has 8 heteroatoms. The smallest absolute Gasteiger partial charge is 0.391 e. The monoisotopic (exact) mass is 914 g/mol. The molecule has 0 aliphatic heterocycles. The Morgan fingerprint density at radius 1 is 0.397 bits per heavy atom. The van der Waals surface area contributed by atoms with Crippen molar-refractivity contribution in [1.29, 1.82) is 0 Å². The Balaban J connectivity index is 3.62. The molecule has 0 rings (SSSR count). The van der Waals surface area contributed by atoms with Gasteiger partial charge >= 0.3 is 7.82 Å². The van der Waals surface area contributed by atoms with Crippen LogP contribution in [0.15, 0.2) is 0 Å². The van der Waals surface area contributed by atoms with Gasteiger partial charge in [-0.3, -0.25) is 9.32 Å². The summed E-state index contributed by atoms with van der Waals surface area (Å²) in [6.07, 6.45) is 62.9. The average molecular weight is 914 g/mol. The van der Waals surface area contributed by atoms with E-state index in [2.05, 4.69) is 19.2 Å². The molecule has 1 amide bonds. The first-order valence-corrected chi connectivity index (χ1v) is 30.0. The van der Waals surface area contributed by atoms with Crippen molar-refractivity contribution in [1.82, 2.24) is 5.32 Å². The molecule has 0 heterocycles. The predicted octanol–water partition coefficient (Wildman–Crippen LogP) is 18.1. The van der Waals surface area contributed by atoms with Crippen LogP contribution in [-0.4, -0.2) is 39.6 Å². The fourth-order valence-corrected chi connectivity index (χ4v) is 9.65. The number of carbonyl (C=O) groups excluding carboxylic acids is 1. The topological polar surface area (TPSA) is 116 Å². The van der Waals surface area contributed by atoms with Crippen LogP contribution >= 0.6 is 7.82 Å². The molecular formula is C55H112NO6P. The van der Waals surface area contributed by atoms with Crippen molar-refractivity contribution < 1.29 is 28.8 Å².